The molecule has 0 aliphatic heterocycles. The van der Waals surface area contributed by atoms with Crippen molar-refractivity contribution >= 4 is 21.9 Å². The first kappa shape index (κ1) is 13.7. The minimum atomic E-state index is -2.42. The maximum atomic E-state index is 14.8. The van der Waals surface area contributed by atoms with Crippen molar-refractivity contribution in [2.75, 3.05) is 5.83 Å². The number of alkyl halides is 2. The highest BCUT2D eigenvalue weighted by Crippen LogP contribution is 2.49. The number of carboxylic acids is 1. The molecule has 1 N–H and O–H groups in total. The molecule has 0 radical (unpaired) electrons. The van der Waals surface area contributed by atoms with Crippen LogP contribution in [-0.2, 0) is 10.5 Å². The van der Waals surface area contributed by atoms with Gasteiger partial charge < -0.3 is 5.11 Å². The van der Waals surface area contributed by atoms with Crippen LogP contribution in [0.4, 0.5) is 4.39 Å². The molecule has 1 aliphatic rings. The molecule has 3 rings (SSSR count). The van der Waals surface area contributed by atoms with Gasteiger partial charge in [-0.3, -0.25) is 0 Å². The molecule has 98 valence electrons. The summed E-state index contributed by atoms with van der Waals surface area (Å²) < 4.78 is 14.8. The second-order valence-electron chi connectivity index (χ2n) is 4.05. The maximum absolute atomic E-state index is 14.8. The summed E-state index contributed by atoms with van der Waals surface area (Å²) in [6.07, 6.45) is 0. The lowest BCUT2D eigenvalue weighted by atomic mass is 9.94. The van der Waals surface area contributed by atoms with E-state index in [0.29, 0.717) is 11.1 Å². The van der Waals surface area contributed by atoms with Gasteiger partial charge >= 0.3 is 5.97 Å². The molecule has 4 heteroatoms. The van der Waals surface area contributed by atoms with Gasteiger partial charge in [-0.1, -0.05) is 64.5 Å². The number of fused-ring (bicyclic) bond motifs is 3. The lowest BCUT2D eigenvalue weighted by Gasteiger charge is -2.16. The highest BCUT2D eigenvalue weighted by atomic mass is 79.9. The van der Waals surface area contributed by atoms with Gasteiger partial charge in [0.2, 0.25) is 0 Å². The molecule has 0 fully saturated rings. The molecule has 2 nitrogen and oxygen atoms in total. The second kappa shape index (κ2) is 5.13. The van der Waals surface area contributed by atoms with Crippen molar-refractivity contribution in [1.29, 1.82) is 0 Å². The van der Waals surface area contributed by atoms with Crippen LogP contribution in [0.25, 0.3) is 11.1 Å². The highest BCUT2D eigenvalue weighted by Gasteiger charge is 2.50. The maximum Gasteiger partial charge on any atom is 0.351 e. The van der Waals surface area contributed by atoms with Crippen LogP contribution in [0.2, 0.25) is 0 Å². The first-order chi connectivity index (χ1) is 9.15. The molecule has 2 aromatic rings. The molecule has 0 spiro atoms. The zero-order chi connectivity index (χ0) is 14.0. The van der Waals surface area contributed by atoms with E-state index in [0.717, 1.165) is 0 Å². The summed E-state index contributed by atoms with van der Waals surface area (Å²) in [5, 5.41) is 9.19. The first-order valence-corrected chi connectivity index (χ1v) is 7.24. The van der Waals surface area contributed by atoms with Gasteiger partial charge in [-0.05, 0) is 17.0 Å². The molecule has 0 atom stereocenters. The van der Waals surface area contributed by atoms with Gasteiger partial charge in [0.1, 0.15) is 0 Å². The van der Waals surface area contributed by atoms with Crippen molar-refractivity contribution in [3.8, 4) is 11.1 Å². The Balaban J connectivity index is 0.000000637. The lowest BCUT2D eigenvalue weighted by molar-refractivity contribution is -0.148. The van der Waals surface area contributed by atoms with Crippen molar-refractivity contribution in [2.24, 2.45) is 0 Å². The van der Waals surface area contributed by atoms with Gasteiger partial charge in [0.05, 0.1) is 0 Å². The van der Waals surface area contributed by atoms with Crippen LogP contribution in [0.1, 0.15) is 11.1 Å². The van der Waals surface area contributed by atoms with Crippen LogP contribution >= 0.6 is 15.9 Å². The zero-order valence-electron chi connectivity index (χ0n) is 10.2. The van der Waals surface area contributed by atoms with Gasteiger partial charge in [-0.15, -0.1) is 0 Å². The molecular formula is C15H12BrFO2. The number of halogens is 2. The van der Waals surface area contributed by atoms with Crippen LogP contribution in [-0.4, -0.2) is 16.9 Å². The van der Waals surface area contributed by atoms with Crippen molar-refractivity contribution in [3.05, 3.63) is 59.7 Å². The Hall–Kier alpha value is -1.68. The summed E-state index contributed by atoms with van der Waals surface area (Å²) in [4.78, 5) is 11.3. The fourth-order valence-electron chi connectivity index (χ4n) is 2.41. The summed E-state index contributed by atoms with van der Waals surface area (Å²) in [5.74, 6) is 0.349. The minimum absolute atomic E-state index is 0.216. The van der Waals surface area contributed by atoms with E-state index in [1.807, 2.05) is 5.83 Å². The Morgan fingerprint density at radius 2 is 1.37 bits per heavy atom. The number of hydrogen-bond donors (Lipinski definition) is 1. The van der Waals surface area contributed by atoms with Gasteiger partial charge in [-0.25, -0.2) is 9.18 Å². The van der Waals surface area contributed by atoms with E-state index in [2.05, 4.69) is 15.9 Å². The van der Waals surface area contributed by atoms with E-state index in [9.17, 15) is 14.3 Å². The van der Waals surface area contributed by atoms with Crippen molar-refractivity contribution in [3.63, 3.8) is 0 Å². The molecule has 0 aromatic heterocycles. The predicted molar refractivity (Wildman–Crippen MR) is 76.3 cm³/mol. The molecule has 0 amide bonds. The summed E-state index contributed by atoms with van der Waals surface area (Å²) >= 11 is 2.94. The molecule has 0 unspecified atom stereocenters. The van der Waals surface area contributed by atoms with E-state index in [4.69, 9.17) is 0 Å². The number of hydrogen-bond acceptors (Lipinski definition) is 1. The summed E-state index contributed by atoms with van der Waals surface area (Å²) in [5.41, 5.74) is -0.670. The molecule has 19 heavy (non-hydrogen) atoms. The average Bonchev–Trinajstić information content (AvgIpc) is 2.74. The van der Waals surface area contributed by atoms with Gasteiger partial charge in [0, 0.05) is 11.1 Å². The smallest absolute Gasteiger partial charge is 0.351 e. The van der Waals surface area contributed by atoms with Crippen LogP contribution in [0.15, 0.2) is 48.5 Å². The van der Waals surface area contributed by atoms with Crippen LogP contribution in [0, 0.1) is 0 Å². The van der Waals surface area contributed by atoms with Gasteiger partial charge in [0.25, 0.3) is 5.67 Å². The fourth-order valence-corrected chi connectivity index (χ4v) is 2.41. The molecule has 2 aromatic carbocycles. The van der Waals surface area contributed by atoms with Crippen molar-refractivity contribution < 1.29 is 14.3 Å². The highest BCUT2D eigenvalue weighted by molar-refractivity contribution is 9.08. The molecule has 0 saturated carbocycles. The standard InChI is InChI=1S/C14H9FO2.CH3Br/c15-14(13(16)17)11-7-3-1-5-9(11)10-6-2-4-8-12(10)14;1-2/h1-8H,(H,16,17);1H3. The number of carboxylic acid groups (broad SMARTS) is 1. The van der Waals surface area contributed by atoms with Crippen LogP contribution < -0.4 is 0 Å². The normalized spacial score (nSPS) is 13.8. The van der Waals surface area contributed by atoms with Gasteiger partial charge in [0.15, 0.2) is 0 Å². The average molecular weight is 323 g/mol. The van der Waals surface area contributed by atoms with E-state index < -0.39 is 11.6 Å². The topological polar surface area (TPSA) is 37.3 Å². The number of benzene rings is 2. The largest absolute Gasteiger partial charge is 0.478 e. The Bertz CT molecular complexity index is 580. The number of rotatable bonds is 1. The quantitative estimate of drug-likeness (QED) is 0.806. The monoisotopic (exact) mass is 322 g/mol. The predicted octanol–water partition coefficient (Wildman–Crippen LogP) is 3.98. The summed E-state index contributed by atoms with van der Waals surface area (Å²) in [7, 11) is 0. The Morgan fingerprint density at radius 3 is 1.74 bits per heavy atom. The minimum Gasteiger partial charge on any atom is -0.478 e. The Morgan fingerprint density at radius 1 is 1.00 bits per heavy atom. The third-order valence-corrected chi connectivity index (χ3v) is 3.18. The van der Waals surface area contributed by atoms with E-state index in [1.165, 1.54) is 12.1 Å². The van der Waals surface area contributed by atoms with Crippen LogP contribution in [0.5, 0.6) is 0 Å². The molecule has 0 saturated heterocycles. The fraction of sp³-hybridized carbons (Fsp3) is 0.133. The molecule has 0 heterocycles. The van der Waals surface area contributed by atoms with Gasteiger partial charge in [-0.2, -0.15) is 0 Å². The van der Waals surface area contributed by atoms with Crippen molar-refractivity contribution in [1.82, 2.24) is 0 Å². The zero-order valence-corrected chi connectivity index (χ0v) is 11.8. The summed E-state index contributed by atoms with van der Waals surface area (Å²) in [6.45, 7) is 0. The van der Waals surface area contributed by atoms with E-state index in [1.54, 1.807) is 36.4 Å². The number of aliphatic carboxylic acids is 1. The van der Waals surface area contributed by atoms with Crippen molar-refractivity contribution in [2.45, 2.75) is 5.67 Å². The molecule has 0 bridgehead atoms. The Kier molecular flexibility index (Phi) is 3.71. The third-order valence-electron chi connectivity index (χ3n) is 3.18. The third kappa shape index (κ3) is 1.87. The lowest BCUT2D eigenvalue weighted by Crippen LogP contribution is -2.29. The number of carbonyl (C=O) groups is 1. The second-order valence-corrected chi connectivity index (χ2v) is 4.05. The summed E-state index contributed by atoms with van der Waals surface area (Å²) in [6, 6.07) is 13.4. The van der Waals surface area contributed by atoms with E-state index in [-0.39, 0.29) is 11.1 Å². The first-order valence-electron chi connectivity index (χ1n) is 5.65. The van der Waals surface area contributed by atoms with Crippen LogP contribution in [0.3, 0.4) is 0 Å². The van der Waals surface area contributed by atoms with E-state index >= 15 is 0 Å². The SMILES string of the molecule is CBr.O=C(O)C1(F)c2ccccc2-c2ccccc21. The molecule has 1 aliphatic carbocycles. The Labute approximate surface area is 119 Å². The molecular weight excluding hydrogens is 311 g/mol.